The summed E-state index contributed by atoms with van der Waals surface area (Å²) in [6.07, 6.45) is -0.271. The van der Waals surface area contributed by atoms with Crippen LogP contribution in [0.3, 0.4) is 0 Å². The van der Waals surface area contributed by atoms with Crippen LogP contribution in [0.15, 0.2) is 18.3 Å². The van der Waals surface area contributed by atoms with E-state index in [4.69, 9.17) is 5.11 Å². The molecule has 1 saturated carbocycles. The van der Waals surface area contributed by atoms with Crippen LogP contribution < -0.4 is 0 Å². The van der Waals surface area contributed by atoms with E-state index in [1.165, 1.54) is 12.1 Å². The molecule has 0 radical (unpaired) electrons. The summed E-state index contributed by atoms with van der Waals surface area (Å²) in [5.74, 6) is -1.74. The van der Waals surface area contributed by atoms with Crippen molar-refractivity contribution in [1.29, 1.82) is 0 Å². The fourth-order valence-electron chi connectivity index (χ4n) is 2.83. The van der Waals surface area contributed by atoms with Crippen molar-refractivity contribution in [3.05, 3.63) is 35.7 Å². The van der Waals surface area contributed by atoms with Gasteiger partial charge in [0, 0.05) is 12.1 Å². The smallest absolute Gasteiger partial charge is 0.435 e. The van der Waals surface area contributed by atoms with Crippen molar-refractivity contribution >= 4 is 5.97 Å². The fourth-order valence-corrected chi connectivity index (χ4v) is 2.83. The summed E-state index contributed by atoms with van der Waals surface area (Å²) >= 11 is 0. The molecule has 2 aromatic rings. The van der Waals surface area contributed by atoms with E-state index in [2.05, 4.69) is 15.1 Å². The highest BCUT2D eigenvalue weighted by Gasteiger charge is 2.37. The van der Waals surface area contributed by atoms with E-state index in [0.29, 0.717) is 0 Å². The monoisotopic (exact) mass is 326 g/mol. The van der Waals surface area contributed by atoms with Crippen molar-refractivity contribution in [2.75, 3.05) is 0 Å². The van der Waals surface area contributed by atoms with Crippen LogP contribution in [-0.4, -0.2) is 30.8 Å². The summed E-state index contributed by atoms with van der Waals surface area (Å²) < 4.78 is 40.5. The molecule has 0 aromatic carbocycles. The van der Waals surface area contributed by atoms with Crippen LogP contribution in [0.25, 0.3) is 5.69 Å². The van der Waals surface area contributed by atoms with Gasteiger partial charge in [0.1, 0.15) is 5.82 Å². The fraction of sp³-hybridized carbons (Fsp3) is 0.429. The Hall–Kier alpha value is -2.45. The zero-order chi connectivity index (χ0) is 16.6. The molecule has 0 bridgehead atoms. The first-order valence-electron chi connectivity index (χ1n) is 7.11. The molecule has 2 heterocycles. The van der Waals surface area contributed by atoms with Crippen molar-refractivity contribution in [3.63, 3.8) is 0 Å². The summed E-state index contributed by atoms with van der Waals surface area (Å²) in [4.78, 5) is 18.5. The topological polar surface area (TPSA) is 80.9 Å². The van der Waals surface area contributed by atoms with Gasteiger partial charge in [0.05, 0.1) is 5.69 Å². The summed E-state index contributed by atoms with van der Waals surface area (Å²) in [6, 6.07) is 2.57. The lowest BCUT2D eigenvalue weighted by Gasteiger charge is -2.15. The lowest BCUT2D eigenvalue weighted by molar-refractivity contribution is -0.141. The zero-order valence-electron chi connectivity index (χ0n) is 11.9. The number of alkyl halides is 3. The number of aromatic nitrogens is 4. The molecule has 1 aliphatic carbocycles. The van der Waals surface area contributed by atoms with E-state index in [0.717, 1.165) is 36.6 Å². The third-order valence-corrected chi connectivity index (χ3v) is 3.83. The summed E-state index contributed by atoms with van der Waals surface area (Å²) in [6.45, 7) is 0. The SMILES string of the molecule is O=C(O)c1nc(C2CCCC2)n(-c2cccnc2C(F)(F)F)n1. The minimum Gasteiger partial charge on any atom is -0.475 e. The number of carboxylic acid groups (broad SMARTS) is 1. The maximum atomic E-state index is 13.2. The van der Waals surface area contributed by atoms with E-state index in [1.54, 1.807) is 0 Å². The number of nitrogens with zero attached hydrogens (tertiary/aromatic N) is 4. The maximum absolute atomic E-state index is 13.2. The van der Waals surface area contributed by atoms with Gasteiger partial charge in [-0.1, -0.05) is 12.8 Å². The molecular formula is C14H13F3N4O2. The Bertz CT molecular complexity index is 736. The number of carbonyl (C=O) groups is 1. The molecule has 122 valence electrons. The van der Waals surface area contributed by atoms with Gasteiger partial charge < -0.3 is 5.11 Å². The van der Waals surface area contributed by atoms with E-state index in [-0.39, 0.29) is 17.4 Å². The molecule has 1 aliphatic rings. The molecule has 0 atom stereocenters. The van der Waals surface area contributed by atoms with Crippen molar-refractivity contribution in [2.45, 2.75) is 37.8 Å². The predicted octanol–water partition coefficient (Wildman–Crippen LogP) is 3.04. The molecule has 1 fully saturated rings. The Morgan fingerprint density at radius 3 is 2.61 bits per heavy atom. The van der Waals surface area contributed by atoms with Gasteiger partial charge in [0.15, 0.2) is 5.69 Å². The Kier molecular flexibility index (Phi) is 3.78. The van der Waals surface area contributed by atoms with Crippen LogP contribution in [0, 0.1) is 0 Å². The van der Waals surface area contributed by atoms with Gasteiger partial charge in [0.2, 0.25) is 0 Å². The van der Waals surface area contributed by atoms with E-state index in [1.807, 2.05) is 0 Å². The first-order valence-corrected chi connectivity index (χ1v) is 7.11. The highest BCUT2D eigenvalue weighted by atomic mass is 19.4. The first-order chi connectivity index (χ1) is 10.9. The Labute approximate surface area is 129 Å². The molecule has 3 rings (SSSR count). The third-order valence-electron chi connectivity index (χ3n) is 3.83. The Morgan fingerprint density at radius 1 is 1.30 bits per heavy atom. The zero-order valence-corrected chi connectivity index (χ0v) is 11.9. The first kappa shape index (κ1) is 15.4. The highest BCUT2D eigenvalue weighted by molar-refractivity contribution is 5.83. The number of rotatable bonds is 3. The predicted molar refractivity (Wildman–Crippen MR) is 72.3 cm³/mol. The van der Waals surface area contributed by atoms with Gasteiger partial charge in [-0.25, -0.2) is 19.4 Å². The molecule has 2 aromatic heterocycles. The molecule has 23 heavy (non-hydrogen) atoms. The van der Waals surface area contributed by atoms with Crippen molar-refractivity contribution in [3.8, 4) is 5.69 Å². The number of carboxylic acids is 1. The minimum atomic E-state index is -4.67. The lowest BCUT2D eigenvalue weighted by Crippen LogP contribution is -2.16. The second-order valence-electron chi connectivity index (χ2n) is 5.36. The van der Waals surface area contributed by atoms with Crippen LogP contribution in [-0.2, 0) is 6.18 Å². The van der Waals surface area contributed by atoms with Crippen molar-refractivity contribution in [1.82, 2.24) is 19.7 Å². The summed E-state index contributed by atoms with van der Waals surface area (Å²) in [5.41, 5.74) is -1.41. The van der Waals surface area contributed by atoms with Crippen LogP contribution in [0.4, 0.5) is 13.2 Å². The number of hydrogen-bond donors (Lipinski definition) is 1. The second kappa shape index (κ2) is 5.64. The number of pyridine rings is 1. The van der Waals surface area contributed by atoms with Gasteiger partial charge >= 0.3 is 12.1 Å². The quantitative estimate of drug-likeness (QED) is 0.937. The minimum absolute atomic E-state index is 0.100. The van der Waals surface area contributed by atoms with Gasteiger partial charge in [-0.05, 0) is 25.0 Å². The van der Waals surface area contributed by atoms with Crippen LogP contribution in [0.5, 0.6) is 0 Å². The van der Waals surface area contributed by atoms with Gasteiger partial charge in [-0.2, -0.15) is 13.2 Å². The average Bonchev–Trinajstić information content (AvgIpc) is 3.15. The highest BCUT2D eigenvalue weighted by Crippen LogP contribution is 2.36. The molecular weight excluding hydrogens is 313 g/mol. The summed E-state index contributed by atoms with van der Waals surface area (Å²) in [7, 11) is 0. The average molecular weight is 326 g/mol. The van der Waals surface area contributed by atoms with E-state index >= 15 is 0 Å². The van der Waals surface area contributed by atoms with E-state index in [9.17, 15) is 18.0 Å². The van der Waals surface area contributed by atoms with Crippen molar-refractivity contribution < 1.29 is 23.1 Å². The number of halogens is 3. The molecule has 6 nitrogen and oxygen atoms in total. The molecule has 9 heteroatoms. The Morgan fingerprint density at radius 2 is 2.00 bits per heavy atom. The number of hydrogen-bond acceptors (Lipinski definition) is 4. The molecule has 0 aliphatic heterocycles. The molecule has 0 spiro atoms. The van der Waals surface area contributed by atoms with Gasteiger partial charge in [-0.15, -0.1) is 5.10 Å². The molecule has 0 unspecified atom stereocenters. The van der Waals surface area contributed by atoms with E-state index < -0.39 is 23.7 Å². The number of aromatic carboxylic acids is 1. The Balaban J connectivity index is 2.18. The molecule has 1 N–H and O–H groups in total. The van der Waals surface area contributed by atoms with Crippen molar-refractivity contribution in [2.24, 2.45) is 0 Å². The maximum Gasteiger partial charge on any atom is 0.435 e. The second-order valence-corrected chi connectivity index (χ2v) is 5.36. The normalized spacial score (nSPS) is 16.0. The lowest BCUT2D eigenvalue weighted by atomic mass is 10.1. The molecule has 0 amide bonds. The van der Waals surface area contributed by atoms with Crippen LogP contribution in [0.2, 0.25) is 0 Å². The van der Waals surface area contributed by atoms with Crippen LogP contribution in [0.1, 0.15) is 53.7 Å². The van der Waals surface area contributed by atoms with Gasteiger partial charge in [-0.3, -0.25) is 0 Å². The van der Waals surface area contributed by atoms with Crippen LogP contribution >= 0.6 is 0 Å². The largest absolute Gasteiger partial charge is 0.475 e. The third kappa shape index (κ3) is 2.90. The summed E-state index contributed by atoms with van der Waals surface area (Å²) in [5, 5.41) is 12.8. The van der Waals surface area contributed by atoms with Gasteiger partial charge in [0.25, 0.3) is 5.82 Å². The molecule has 0 saturated heterocycles. The standard InChI is InChI=1S/C14H13F3N4O2/c15-14(16,17)10-9(6-3-7-18-10)21-12(8-4-1-2-5-8)19-11(20-21)13(22)23/h3,6-8H,1-2,4-5H2,(H,22,23).